The number of carbonyl (C=O) groups excluding carboxylic acids is 1. The summed E-state index contributed by atoms with van der Waals surface area (Å²) in [6.45, 7) is 6.09. The van der Waals surface area contributed by atoms with Gasteiger partial charge in [0, 0.05) is 5.69 Å². The molecule has 1 aromatic carbocycles. The number of carbonyl (C=O) groups is 1. The zero-order valence-electron chi connectivity index (χ0n) is 10.00. The molecule has 1 aromatic rings. The number of rotatable bonds is 3. The molecular formula is C12H17NO2S. The first-order valence-electron chi connectivity index (χ1n) is 5.14. The molecular weight excluding hydrogens is 222 g/mol. The molecule has 0 saturated heterocycles. The second kappa shape index (κ2) is 5.25. The summed E-state index contributed by atoms with van der Waals surface area (Å²) in [4.78, 5) is 10.9. The van der Waals surface area contributed by atoms with E-state index in [0.29, 0.717) is 5.92 Å². The van der Waals surface area contributed by atoms with E-state index in [0.717, 1.165) is 22.6 Å². The number of nitrogens with one attached hydrogen (secondary N) is 1. The van der Waals surface area contributed by atoms with E-state index in [4.69, 9.17) is 4.74 Å². The molecule has 0 atom stereocenters. The molecule has 0 aromatic heterocycles. The van der Waals surface area contributed by atoms with Crippen molar-refractivity contribution in [1.29, 1.82) is 0 Å². The van der Waals surface area contributed by atoms with E-state index in [1.54, 1.807) is 7.11 Å². The Balaban J connectivity index is 3.21. The van der Waals surface area contributed by atoms with E-state index >= 15 is 0 Å². The number of hydrogen-bond acceptors (Lipinski definition) is 2. The molecule has 3 nitrogen and oxygen atoms in total. The van der Waals surface area contributed by atoms with E-state index in [-0.39, 0.29) is 5.24 Å². The summed E-state index contributed by atoms with van der Waals surface area (Å²) < 4.78 is 5.32. The molecule has 88 valence electrons. The van der Waals surface area contributed by atoms with E-state index in [1.807, 2.05) is 19.1 Å². The van der Waals surface area contributed by atoms with Gasteiger partial charge < -0.3 is 10.1 Å². The number of hydrogen-bond donors (Lipinski definition) is 2. The molecule has 1 rings (SSSR count). The first-order valence-corrected chi connectivity index (χ1v) is 5.59. The average Bonchev–Trinajstić information content (AvgIpc) is 2.19. The number of ether oxygens (including phenoxy) is 1. The fourth-order valence-corrected chi connectivity index (χ4v) is 1.70. The standard InChI is InChI=1S/C12H17NO2S/c1-7(2)9-6-10(13-12(14)16)8(3)5-11(9)15-4/h5-7H,1-4H3,(H2,13,14,16). The van der Waals surface area contributed by atoms with E-state index in [2.05, 4.69) is 31.8 Å². The SMILES string of the molecule is COc1cc(C)c(NC(=O)S)cc1C(C)C. The van der Waals surface area contributed by atoms with Gasteiger partial charge in [-0.15, -0.1) is 0 Å². The van der Waals surface area contributed by atoms with E-state index in [1.165, 1.54) is 0 Å². The van der Waals surface area contributed by atoms with E-state index in [9.17, 15) is 4.79 Å². The number of methoxy groups -OCH3 is 1. The quantitative estimate of drug-likeness (QED) is 0.791. The molecule has 1 amide bonds. The third kappa shape index (κ3) is 2.92. The minimum absolute atomic E-state index is 0.339. The molecule has 1 N–H and O–H groups in total. The Morgan fingerprint density at radius 2 is 2.06 bits per heavy atom. The molecule has 0 fully saturated rings. The Labute approximate surface area is 102 Å². The Kier molecular flexibility index (Phi) is 4.24. The predicted octanol–water partition coefficient (Wildman–Crippen LogP) is 3.59. The predicted molar refractivity (Wildman–Crippen MR) is 69.8 cm³/mol. The molecule has 16 heavy (non-hydrogen) atoms. The largest absolute Gasteiger partial charge is 0.496 e. The van der Waals surface area contributed by atoms with Crippen molar-refractivity contribution in [3.63, 3.8) is 0 Å². The van der Waals surface area contributed by atoms with Crippen LogP contribution in [-0.4, -0.2) is 12.3 Å². The Morgan fingerprint density at radius 1 is 1.44 bits per heavy atom. The van der Waals surface area contributed by atoms with Crippen LogP contribution >= 0.6 is 12.6 Å². The van der Waals surface area contributed by atoms with Crippen LogP contribution in [-0.2, 0) is 0 Å². The molecule has 0 saturated carbocycles. The maximum Gasteiger partial charge on any atom is 0.280 e. The smallest absolute Gasteiger partial charge is 0.280 e. The molecule has 0 aliphatic carbocycles. The highest BCUT2D eigenvalue weighted by Crippen LogP contribution is 2.32. The van der Waals surface area contributed by atoms with Gasteiger partial charge in [-0.05, 0) is 36.1 Å². The van der Waals surface area contributed by atoms with Gasteiger partial charge in [-0.25, -0.2) is 0 Å². The topological polar surface area (TPSA) is 38.3 Å². The summed E-state index contributed by atoms with van der Waals surface area (Å²) in [5, 5.41) is 2.33. The van der Waals surface area contributed by atoms with Gasteiger partial charge in [-0.2, -0.15) is 0 Å². The normalized spacial score (nSPS) is 10.4. The van der Waals surface area contributed by atoms with Gasteiger partial charge in [-0.1, -0.05) is 26.5 Å². The van der Waals surface area contributed by atoms with Gasteiger partial charge >= 0.3 is 0 Å². The number of thiol groups is 1. The molecule has 0 aliphatic heterocycles. The van der Waals surface area contributed by atoms with Gasteiger partial charge in [-0.3, -0.25) is 4.79 Å². The zero-order valence-corrected chi connectivity index (χ0v) is 10.9. The maximum atomic E-state index is 10.9. The highest BCUT2D eigenvalue weighted by molar-refractivity contribution is 7.96. The summed E-state index contributed by atoms with van der Waals surface area (Å²) in [5.41, 5.74) is 2.82. The second-order valence-corrected chi connectivity index (χ2v) is 4.40. The molecule has 0 spiro atoms. The lowest BCUT2D eigenvalue weighted by Gasteiger charge is -2.15. The fourth-order valence-electron chi connectivity index (χ4n) is 1.58. The van der Waals surface area contributed by atoms with Gasteiger partial charge in [0.05, 0.1) is 7.11 Å². The highest BCUT2D eigenvalue weighted by atomic mass is 32.1. The number of anilines is 1. The molecule has 0 bridgehead atoms. The van der Waals surface area contributed by atoms with Crippen molar-refractivity contribution in [3.05, 3.63) is 23.3 Å². The van der Waals surface area contributed by atoms with Crippen molar-refractivity contribution in [1.82, 2.24) is 0 Å². The van der Waals surface area contributed by atoms with E-state index < -0.39 is 0 Å². The Morgan fingerprint density at radius 3 is 2.50 bits per heavy atom. The third-order valence-corrected chi connectivity index (χ3v) is 2.55. The number of amides is 1. The molecule has 0 aliphatic rings. The van der Waals surface area contributed by atoms with Crippen LogP contribution in [0.5, 0.6) is 5.75 Å². The summed E-state index contributed by atoms with van der Waals surface area (Å²) in [6.07, 6.45) is 0. The van der Waals surface area contributed by atoms with Crippen LogP contribution < -0.4 is 10.1 Å². The Bertz CT molecular complexity index is 402. The third-order valence-electron chi connectivity index (χ3n) is 2.44. The Hall–Kier alpha value is -1.16. The van der Waals surface area contributed by atoms with Crippen LogP contribution in [0.15, 0.2) is 12.1 Å². The van der Waals surface area contributed by atoms with Crippen molar-refractivity contribution in [2.24, 2.45) is 0 Å². The van der Waals surface area contributed by atoms with Gasteiger partial charge in [0.15, 0.2) is 0 Å². The first kappa shape index (κ1) is 12.9. The van der Waals surface area contributed by atoms with Gasteiger partial charge in [0.25, 0.3) is 5.24 Å². The van der Waals surface area contributed by atoms with Crippen LogP contribution in [0.3, 0.4) is 0 Å². The molecule has 0 unspecified atom stereocenters. The second-order valence-electron chi connectivity index (χ2n) is 3.99. The van der Waals surface area contributed by atoms with Crippen LogP contribution in [0.4, 0.5) is 10.5 Å². The average molecular weight is 239 g/mol. The summed E-state index contributed by atoms with van der Waals surface area (Å²) in [7, 11) is 1.65. The number of benzene rings is 1. The van der Waals surface area contributed by atoms with Crippen molar-refractivity contribution in [2.75, 3.05) is 12.4 Å². The van der Waals surface area contributed by atoms with Crippen LogP contribution in [0.25, 0.3) is 0 Å². The molecule has 0 radical (unpaired) electrons. The van der Waals surface area contributed by atoms with Gasteiger partial charge in [0.2, 0.25) is 0 Å². The lowest BCUT2D eigenvalue weighted by molar-refractivity contribution is 0.270. The van der Waals surface area contributed by atoms with Gasteiger partial charge in [0.1, 0.15) is 5.75 Å². The fraction of sp³-hybridized carbons (Fsp3) is 0.417. The lowest BCUT2D eigenvalue weighted by Crippen LogP contribution is -2.05. The summed E-state index contributed by atoms with van der Waals surface area (Å²) >= 11 is 3.71. The number of aryl methyl sites for hydroxylation is 1. The van der Waals surface area contributed by atoms with Crippen LogP contribution in [0.1, 0.15) is 30.9 Å². The van der Waals surface area contributed by atoms with Crippen molar-refractivity contribution < 1.29 is 9.53 Å². The lowest BCUT2D eigenvalue weighted by atomic mass is 9.99. The first-order chi connectivity index (χ1) is 7.45. The molecule has 4 heteroatoms. The van der Waals surface area contributed by atoms with Crippen molar-refractivity contribution >= 4 is 23.6 Å². The van der Waals surface area contributed by atoms with Crippen LogP contribution in [0.2, 0.25) is 0 Å². The zero-order chi connectivity index (χ0) is 12.3. The maximum absolute atomic E-state index is 10.9. The van der Waals surface area contributed by atoms with Crippen LogP contribution in [0, 0.1) is 6.92 Å². The highest BCUT2D eigenvalue weighted by Gasteiger charge is 2.11. The minimum atomic E-state index is -0.358. The minimum Gasteiger partial charge on any atom is -0.496 e. The molecule has 0 heterocycles. The summed E-state index contributed by atoms with van der Waals surface area (Å²) in [6, 6.07) is 3.86. The monoisotopic (exact) mass is 239 g/mol. The van der Waals surface area contributed by atoms with Crippen molar-refractivity contribution in [2.45, 2.75) is 26.7 Å². The van der Waals surface area contributed by atoms with Crippen molar-refractivity contribution in [3.8, 4) is 5.75 Å². The summed E-state index contributed by atoms with van der Waals surface area (Å²) in [5.74, 6) is 1.19.